The predicted molar refractivity (Wildman–Crippen MR) is 82.2 cm³/mol. The van der Waals surface area contributed by atoms with Crippen molar-refractivity contribution in [1.29, 1.82) is 0 Å². The standard InChI is InChI=1S/C15H22N2O6/c1-3-4-5-6-22-12-11(19)10(8-18)23-14(12)17-7-9(2)13(20)16-15(17)21/h3,7,10-12,14,18-19H,1,4-6,8H2,2H3,(H,16,20,21)/t10-,11?,12?,14-/m0/s1. The van der Waals surface area contributed by atoms with Gasteiger partial charge in [0, 0.05) is 18.4 Å². The van der Waals surface area contributed by atoms with E-state index in [2.05, 4.69) is 11.6 Å². The molecule has 128 valence electrons. The van der Waals surface area contributed by atoms with E-state index in [9.17, 15) is 19.8 Å². The molecule has 2 rings (SSSR count). The molecule has 0 saturated carbocycles. The molecule has 0 amide bonds. The van der Waals surface area contributed by atoms with Gasteiger partial charge in [-0.3, -0.25) is 14.3 Å². The van der Waals surface area contributed by atoms with Crippen molar-refractivity contribution in [3.8, 4) is 0 Å². The Labute approximate surface area is 133 Å². The molecule has 0 bridgehead atoms. The van der Waals surface area contributed by atoms with Crippen LogP contribution in [0.2, 0.25) is 0 Å². The minimum atomic E-state index is -1.08. The van der Waals surface area contributed by atoms with Crippen LogP contribution in [0.5, 0.6) is 0 Å². The second-order valence-corrected chi connectivity index (χ2v) is 5.48. The number of hydrogen-bond donors (Lipinski definition) is 3. The molecule has 0 aromatic carbocycles. The van der Waals surface area contributed by atoms with Gasteiger partial charge in [-0.05, 0) is 19.8 Å². The summed E-state index contributed by atoms with van der Waals surface area (Å²) in [6, 6.07) is 0. The van der Waals surface area contributed by atoms with Crippen LogP contribution in [0.15, 0.2) is 28.4 Å². The third-order valence-corrected chi connectivity index (χ3v) is 3.78. The maximum atomic E-state index is 12.0. The van der Waals surface area contributed by atoms with E-state index >= 15 is 0 Å². The van der Waals surface area contributed by atoms with Gasteiger partial charge in [-0.2, -0.15) is 0 Å². The van der Waals surface area contributed by atoms with Crippen LogP contribution in [0.1, 0.15) is 24.6 Å². The van der Waals surface area contributed by atoms with Gasteiger partial charge in [0.05, 0.1) is 6.61 Å². The van der Waals surface area contributed by atoms with Gasteiger partial charge in [0.2, 0.25) is 0 Å². The third kappa shape index (κ3) is 3.78. The Morgan fingerprint density at radius 2 is 2.26 bits per heavy atom. The highest BCUT2D eigenvalue weighted by Gasteiger charge is 2.45. The van der Waals surface area contributed by atoms with Crippen LogP contribution in [0, 0.1) is 6.92 Å². The Kier molecular flexibility index (Phi) is 5.89. The number of aromatic amines is 1. The van der Waals surface area contributed by atoms with Crippen molar-refractivity contribution in [2.75, 3.05) is 13.2 Å². The monoisotopic (exact) mass is 326 g/mol. The highest BCUT2D eigenvalue weighted by molar-refractivity contribution is 5.03. The lowest BCUT2D eigenvalue weighted by Gasteiger charge is -2.22. The van der Waals surface area contributed by atoms with Crippen molar-refractivity contribution in [2.45, 2.75) is 44.3 Å². The molecule has 1 saturated heterocycles. The fourth-order valence-corrected chi connectivity index (χ4v) is 2.50. The van der Waals surface area contributed by atoms with Crippen molar-refractivity contribution in [3.63, 3.8) is 0 Å². The molecule has 3 N–H and O–H groups in total. The second kappa shape index (κ2) is 7.69. The minimum absolute atomic E-state index is 0.334. The number of allylic oxidation sites excluding steroid dienone is 1. The van der Waals surface area contributed by atoms with Gasteiger partial charge in [-0.1, -0.05) is 6.08 Å². The number of aromatic nitrogens is 2. The van der Waals surface area contributed by atoms with E-state index in [4.69, 9.17) is 9.47 Å². The smallest absolute Gasteiger partial charge is 0.330 e. The molecule has 1 aliphatic heterocycles. The van der Waals surface area contributed by atoms with Crippen LogP contribution in [0.25, 0.3) is 0 Å². The van der Waals surface area contributed by atoms with E-state index in [1.54, 1.807) is 13.0 Å². The summed E-state index contributed by atoms with van der Waals surface area (Å²) in [5.41, 5.74) is -0.802. The van der Waals surface area contributed by atoms with Gasteiger partial charge in [-0.15, -0.1) is 6.58 Å². The summed E-state index contributed by atoms with van der Waals surface area (Å²) in [7, 11) is 0. The van der Waals surface area contributed by atoms with Gasteiger partial charge in [0.25, 0.3) is 5.56 Å². The number of aliphatic hydroxyl groups excluding tert-OH is 2. The van der Waals surface area contributed by atoms with Crippen molar-refractivity contribution in [1.82, 2.24) is 9.55 Å². The lowest BCUT2D eigenvalue weighted by atomic mass is 10.1. The maximum Gasteiger partial charge on any atom is 0.330 e. The number of hydrogen-bond acceptors (Lipinski definition) is 6. The lowest BCUT2D eigenvalue weighted by molar-refractivity contribution is -0.0747. The molecule has 1 aliphatic rings. The molecule has 1 fully saturated rings. The van der Waals surface area contributed by atoms with Crippen LogP contribution < -0.4 is 11.2 Å². The van der Waals surface area contributed by atoms with Crippen LogP contribution in [0.4, 0.5) is 0 Å². The van der Waals surface area contributed by atoms with Crippen molar-refractivity contribution < 1.29 is 19.7 Å². The molecule has 8 nitrogen and oxygen atoms in total. The van der Waals surface area contributed by atoms with Crippen LogP contribution in [0.3, 0.4) is 0 Å². The quantitative estimate of drug-likeness (QED) is 0.457. The lowest BCUT2D eigenvalue weighted by Crippen LogP contribution is -2.40. The summed E-state index contributed by atoms with van der Waals surface area (Å²) >= 11 is 0. The number of nitrogens with zero attached hydrogens (tertiary/aromatic N) is 1. The molecule has 2 heterocycles. The first-order valence-corrected chi connectivity index (χ1v) is 7.48. The number of aliphatic hydroxyl groups is 2. The Bertz CT molecular complexity index is 652. The van der Waals surface area contributed by atoms with Crippen LogP contribution >= 0.6 is 0 Å². The minimum Gasteiger partial charge on any atom is -0.394 e. The zero-order chi connectivity index (χ0) is 17.0. The highest BCUT2D eigenvalue weighted by Crippen LogP contribution is 2.30. The molecule has 2 unspecified atom stereocenters. The van der Waals surface area contributed by atoms with Crippen molar-refractivity contribution in [3.05, 3.63) is 45.3 Å². The highest BCUT2D eigenvalue weighted by atomic mass is 16.6. The third-order valence-electron chi connectivity index (χ3n) is 3.78. The average Bonchev–Trinajstić information content (AvgIpc) is 2.83. The number of ether oxygens (including phenoxy) is 2. The Balaban J connectivity index is 2.26. The normalized spacial score (nSPS) is 27.3. The van der Waals surface area contributed by atoms with Crippen molar-refractivity contribution in [2.24, 2.45) is 0 Å². The zero-order valence-corrected chi connectivity index (χ0v) is 13.0. The van der Waals surface area contributed by atoms with E-state index < -0.39 is 42.4 Å². The molecule has 1 aromatic heterocycles. The number of unbranched alkanes of at least 4 members (excludes halogenated alkanes) is 1. The van der Waals surface area contributed by atoms with E-state index in [1.165, 1.54) is 10.8 Å². The number of rotatable bonds is 7. The number of H-pyrrole nitrogens is 1. The molecule has 1 aromatic rings. The van der Waals surface area contributed by atoms with Gasteiger partial charge >= 0.3 is 5.69 Å². The Morgan fingerprint density at radius 1 is 1.52 bits per heavy atom. The Morgan fingerprint density at radius 3 is 2.91 bits per heavy atom. The topological polar surface area (TPSA) is 114 Å². The van der Waals surface area contributed by atoms with Gasteiger partial charge in [0.1, 0.15) is 18.3 Å². The SMILES string of the molecule is C=CCCCOC1C(O)[C@H](CO)O[C@@H]1n1cc(C)c(=O)[nH]c1=O. The zero-order valence-electron chi connectivity index (χ0n) is 13.0. The largest absolute Gasteiger partial charge is 0.394 e. The fraction of sp³-hybridized carbons (Fsp3) is 0.600. The second-order valence-electron chi connectivity index (χ2n) is 5.48. The summed E-state index contributed by atoms with van der Waals surface area (Å²) in [5.74, 6) is 0. The summed E-state index contributed by atoms with van der Waals surface area (Å²) < 4.78 is 12.4. The first kappa shape index (κ1) is 17.6. The molecular formula is C15H22N2O6. The maximum absolute atomic E-state index is 12.0. The summed E-state index contributed by atoms with van der Waals surface area (Å²) in [4.78, 5) is 25.7. The predicted octanol–water partition coefficient (Wildman–Crippen LogP) is -0.553. The number of aryl methyl sites for hydroxylation is 1. The molecule has 23 heavy (non-hydrogen) atoms. The average molecular weight is 326 g/mol. The van der Waals surface area contributed by atoms with Crippen molar-refractivity contribution >= 4 is 0 Å². The molecule has 8 heteroatoms. The van der Waals surface area contributed by atoms with Gasteiger partial charge < -0.3 is 19.7 Å². The van der Waals surface area contributed by atoms with Crippen LogP contribution in [-0.4, -0.2) is 51.3 Å². The summed E-state index contributed by atoms with van der Waals surface area (Å²) in [6.07, 6.45) is 0.913. The molecular weight excluding hydrogens is 304 g/mol. The molecule has 0 aliphatic carbocycles. The van der Waals surface area contributed by atoms with Gasteiger partial charge in [-0.25, -0.2) is 4.79 Å². The molecule has 0 radical (unpaired) electrons. The van der Waals surface area contributed by atoms with Gasteiger partial charge in [0.15, 0.2) is 6.23 Å². The van der Waals surface area contributed by atoms with Crippen LogP contribution in [-0.2, 0) is 9.47 Å². The van der Waals surface area contributed by atoms with E-state index in [-0.39, 0.29) is 0 Å². The molecule has 0 spiro atoms. The van der Waals surface area contributed by atoms with E-state index in [0.29, 0.717) is 18.6 Å². The first-order valence-electron chi connectivity index (χ1n) is 7.48. The molecule has 4 atom stereocenters. The van der Waals surface area contributed by atoms with E-state index in [0.717, 1.165) is 6.42 Å². The Hall–Kier alpha value is -1.74. The summed E-state index contributed by atoms with van der Waals surface area (Å²) in [5, 5.41) is 19.5. The van der Waals surface area contributed by atoms with E-state index in [1.807, 2.05) is 0 Å². The fourth-order valence-electron chi connectivity index (χ4n) is 2.50. The first-order chi connectivity index (χ1) is 11.0. The summed E-state index contributed by atoms with van der Waals surface area (Å²) in [6.45, 7) is 5.13. The number of nitrogens with one attached hydrogen (secondary N) is 1.